The zero-order chi connectivity index (χ0) is 9.42. The molecule has 0 aliphatic heterocycles. The molecular formula is C10H9ClN2. The van der Waals surface area contributed by atoms with Crippen molar-refractivity contribution in [1.29, 1.82) is 0 Å². The van der Waals surface area contributed by atoms with E-state index in [0.29, 0.717) is 10.8 Å². The lowest BCUT2D eigenvalue weighted by atomic mass is 10.1. The summed E-state index contributed by atoms with van der Waals surface area (Å²) in [6, 6.07) is 7.54. The van der Waals surface area contributed by atoms with Gasteiger partial charge >= 0.3 is 0 Å². The van der Waals surface area contributed by atoms with E-state index in [1.54, 1.807) is 6.07 Å². The van der Waals surface area contributed by atoms with Crippen molar-refractivity contribution in [3.8, 4) is 0 Å². The molecule has 0 unspecified atom stereocenters. The number of rotatable bonds is 0. The fourth-order valence-corrected chi connectivity index (χ4v) is 1.55. The van der Waals surface area contributed by atoms with E-state index in [2.05, 4.69) is 4.98 Å². The van der Waals surface area contributed by atoms with Crippen molar-refractivity contribution in [3.63, 3.8) is 0 Å². The summed E-state index contributed by atoms with van der Waals surface area (Å²) in [6.07, 6.45) is 0. The predicted octanol–water partition coefficient (Wildman–Crippen LogP) is 2.78. The number of hydrogen-bond donors (Lipinski definition) is 1. The van der Waals surface area contributed by atoms with E-state index in [0.717, 1.165) is 16.5 Å². The third-order valence-electron chi connectivity index (χ3n) is 2.05. The number of aromatic nitrogens is 1. The number of nitrogens with zero attached hydrogens (tertiary/aromatic N) is 1. The first-order valence-corrected chi connectivity index (χ1v) is 4.37. The van der Waals surface area contributed by atoms with Gasteiger partial charge in [-0.1, -0.05) is 17.7 Å². The summed E-state index contributed by atoms with van der Waals surface area (Å²) in [5.41, 5.74) is 7.51. The van der Waals surface area contributed by atoms with Crippen LogP contribution < -0.4 is 5.73 Å². The van der Waals surface area contributed by atoms with Gasteiger partial charge in [0.05, 0.1) is 10.5 Å². The van der Waals surface area contributed by atoms with E-state index < -0.39 is 0 Å². The van der Waals surface area contributed by atoms with Gasteiger partial charge in [-0.2, -0.15) is 0 Å². The molecule has 0 fully saturated rings. The molecular weight excluding hydrogens is 184 g/mol. The normalized spacial score (nSPS) is 10.6. The first-order valence-electron chi connectivity index (χ1n) is 4.00. The van der Waals surface area contributed by atoms with Gasteiger partial charge in [-0.25, -0.2) is 4.98 Å². The van der Waals surface area contributed by atoms with Crippen LogP contribution >= 0.6 is 11.6 Å². The maximum absolute atomic E-state index is 5.98. The van der Waals surface area contributed by atoms with E-state index in [1.807, 2.05) is 25.1 Å². The van der Waals surface area contributed by atoms with E-state index in [4.69, 9.17) is 17.3 Å². The van der Waals surface area contributed by atoms with E-state index in [1.165, 1.54) is 0 Å². The number of hydrogen-bond acceptors (Lipinski definition) is 2. The van der Waals surface area contributed by atoms with Crippen LogP contribution in [0, 0.1) is 6.92 Å². The van der Waals surface area contributed by atoms with Crippen LogP contribution in [0.15, 0.2) is 24.3 Å². The van der Waals surface area contributed by atoms with Crippen LogP contribution in [0.2, 0.25) is 5.02 Å². The summed E-state index contributed by atoms with van der Waals surface area (Å²) in [5.74, 6) is 0.500. The second kappa shape index (κ2) is 2.89. The highest BCUT2D eigenvalue weighted by molar-refractivity contribution is 6.35. The molecule has 1 aromatic carbocycles. The van der Waals surface area contributed by atoms with Gasteiger partial charge in [0.1, 0.15) is 5.82 Å². The SMILES string of the molecule is Cc1ccc(Cl)c2nc(N)ccc12. The Balaban J connectivity index is 2.92. The molecule has 0 radical (unpaired) electrons. The molecule has 0 aliphatic carbocycles. The number of aryl methyl sites for hydroxylation is 1. The average Bonchev–Trinajstić information content (AvgIpc) is 2.12. The van der Waals surface area contributed by atoms with Crippen LogP contribution in [0.5, 0.6) is 0 Å². The van der Waals surface area contributed by atoms with Gasteiger partial charge in [0, 0.05) is 5.39 Å². The van der Waals surface area contributed by atoms with Crippen LogP contribution in [-0.2, 0) is 0 Å². The van der Waals surface area contributed by atoms with Crippen molar-refractivity contribution in [2.45, 2.75) is 6.92 Å². The molecule has 13 heavy (non-hydrogen) atoms. The van der Waals surface area contributed by atoms with Crippen molar-refractivity contribution in [2.75, 3.05) is 5.73 Å². The molecule has 2 aromatic rings. The molecule has 3 heteroatoms. The average molecular weight is 193 g/mol. The molecule has 0 saturated carbocycles. The standard InChI is InChI=1S/C10H9ClN2/c1-6-2-4-8(11)10-7(6)3-5-9(12)13-10/h2-5H,1H3,(H2,12,13). The largest absolute Gasteiger partial charge is 0.384 e. The number of pyridine rings is 1. The molecule has 0 atom stereocenters. The smallest absolute Gasteiger partial charge is 0.124 e. The Kier molecular flexibility index (Phi) is 1.85. The molecule has 66 valence electrons. The maximum atomic E-state index is 5.98. The minimum Gasteiger partial charge on any atom is -0.384 e. The van der Waals surface area contributed by atoms with Gasteiger partial charge in [0.15, 0.2) is 0 Å². The molecule has 2 N–H and O–H groups in total. The summed E-state index contributed by atoms with van der Waals surface area (Å²) in [5, 5.41) is 1.70. The molecule has 0 bridgehead atoms. The van der Waals surface area contributed by atoms with E-state index >= 15 is 0 Å². The molecule has 0 aliphatic rings. The fraction of sp³-hybridized carbons (Fsp3) is 0.100. The quantitative estimate of drug-likeness (QED) is 0.697. The number of halogens is 1. The molecule has 2 nitrogen and oxygen atoms in total. The van der Waals surface area contributed by atoms with E-state index in [-0.39, 0.29) is 0 Å². The highest BCUT2D eigenvalue weighted by atomic mass is 35.5. The van der Waals surface area contributed by atoms with Crippen LogP contribution in [0.4, 0.5) is 5.82 Å². The van der Waals surface area contributed by atoms with Gasteiger partial charge in [-0.05, 0) is 30.7 Å². The Labute approximate surface area is 81.3 Å². The number of fused-ring (bicyclic) bond motifs is 1. The highest BCUT2D eigenvalue weighted by Gasteiger charge is 2.02. The third kappa shape index (κ3) is 1.33. The number of anilines is 1. The molecule has 0 spiro atoms. The molecule has 1 aromatic heterocycles. The van der Waals surface area contributed by atoms with Gasteiger partial charge in [-0.15, -0.1) is 0 Å². The summed E-state index contributed by atoms with van der Waals surface area (Å²) in [6.45, 7) is 2.02. The Morgan fingerprint density at radius 3 is 2.77 bits per heavy atom. The van der Waals surface area contributed by atoms with Gasteiger partial charge in [-0.3, -0.25) is 0 Å². The van der Waals surface area contributed by atoms with Crippen LogP contribution in [0.25, 0.3) is 10.9 Å². The lowest BCUT2D eigenvalue weighted by Crippen LogP contribution is -1.91. The number of benzene rings is 1. The third-order valence-corrected chi connectivity index (χ3v) is 2.35. The van der Waals surface area contributed by atoms with E-state index in [9.17, 15) is 0 Å². The van der Waals surface area contributed by atoms with Gasteiger partial charge in [0.25, 0.3) is 0 Å². The number of nitrogens with two attached hydrogens (primary N) is 1. The minimum absolute atomic E-state index is 0.500. The van der Waals surface area contributed by atoms with Crippen LogP contribution in [0.1, 0.15) is 5.56 Å². The molecule has 2 rings (SSSR count). The van der Waals surface area contributed by atoms with Gasteiger partial charge in [0.2, 0.25) is 0 Å². The minimum atomic E-state index is 0.500. The van der Waals surface area contributed by atoms with Crippen LogP contribution in [-0.4, -0.2) is 4.98 Å². The second-order valence-corrected chi connectivity index (χ2v) is 3.40. The zero-order valence-corrected chi connectivity index (χ0v) is 7.97. The first kappa shape index (κ1) is 8.32. The fourth-order valence-electron chi connectivity index (χ4n) is 1.34. The lowest BCUT2D eigenvalue weighted by molar-refractivity contribution is 1.39. The van der Waals surface area contributed by atoms with Crippen molar-refractivity contribution in [3.05, 3.63) is 34.9 Å². The maximum Gasteiger partial charge on any atom is 0.124 e. The zero-order valence-electron chi connectivity index (χ0n) is 7.21. The Hall–Kier alpha value is -1.28. The molecule has 0 saturated heterocycles. The Morgan fingerprint density at radius 1 is 1.23 bits per heavy atom. The predicted molar refractivity (Wildman–Crippen MR) is 55.9 cm³/mol. The summed E-state index contributed by atoms with van der Waals surface area (Å²) >= 11 is 5.98. The molecule has 1 heterocycles. The first-order chi connectivity index (χ1) is 6.18. The Bertz CT molecular complexity index is 466. The summed E-state index contributed by atoms with van der Waals surface area (Å²) in [7, 11) is 0. The van der Waals surface area contributed by atoms with Gasteiger partial charge < -0.3 is 5.73 Å². The Morgan fingerprint density at radius 2 is 2.00 bits per heavy atom. The lowest BCUT2D eigenvalue weighted by Gasteiger charge is -2.03. The summed E-state index contributed by atoms with van der Waals surface area (Å²) in [4.78, 5) is 4.18. The highest BCUT2D eigenvalue weighted by Crippen LogP contribution is 2.25. The van der Waals surface area contributed by atoms with Crippen molar-refractivity contribution in [1.82, 2.24) is 4.98 Å². The van der Waals surface area contributed by atoms with Crippen LogP contribution in [0.3, 0.4) is 0 Å². The molecule has 0 amide bonds. The van der Waals surface area contributed by atoms with Crippen molar-refractivity contribution in [2.24, 2.45) is 0 Å². The monoisotopic (exact) mass is 192 g/mol. The topological polar surface area (TPSA) is 38.9 Å². The van der Waals surface area contributed by atoms with Crippen molar-refractivity contribution < 1.29 is 0 Å². The summed E-state index contributed by atoms with van der Waals surface area (Å²) < 4.78 is 0. The number of nitrogen functional groups attached to an aromatic ring is 1. The second-order valence-electron chi connectivity index (χ2n) is 3.00. The van der Waals surface area contributed by atoms with Crippen molar-refractivity contribution >= 4 is 28.3 Å².